The average molecular weight is 278 g/mol. The van der Waals surface area contributed by atoms with Crippen molar-refractivity contribution in [2.24, 2.45) is 0 Å². The van der Waals surface area contributed by atoms with E-state index in [4.69, 9.17) is 0 Å². The monoisotopic (exact) mass is 278 g/mol. The number of hydrogen-bond acceptors (Lipinski definition) is 3. The zero-order valence-electron chi connectivity index (χ0n) is 11.3. The minimum absolute atomic E-state index is 0.0832. The fraction of sp³-hybridized carbons (Fsp3) is 0.533. The topological polar surface area (TPSA) is 52.6 Å². The number of aromatic hydroxyl groups is 1. The molecular formula is C15H19FN2O2. The lowest BCUT2D eigenvalue weighted by molar-refractivity contribution is 0.0863. The lowest BCUT2D eigenvalue weighted by Crippen LogP contribution is -2.52. The van der Waals surface area contributed by atoms with Crippen LogP contribution in [0.5, 0.6) is 5.75 Å². The molecule has 2 N–H and O–H groups in total. The van der Waals surface area contributed by atoms with Crippen LogP contribution in [-0.2, 0) is 0 Å². The van der Waals surface area contributed by atoms with Gasteiger partial charge in [-0.3, -0.25) is 9.69 Å². The van der Waals surface area contributed by atoms with Gasteiger partial charge in [-0.25, -0.2) is 4.39 Å². The molecule has 0 aliphatic carbocycles. The van der Waals surface area contributed by atoms with Crippen molar-refractivity contribution < 1.29 is 14.3 Å². The van der Waals surface area contributed by atoms with E-state index in [1.165, 1.54) is 12.1 Å². The van der Waals surface area contributed by atoms with Gasteiger partial charge in [-0.1, -0.05) is 0 Å². The number of carbonyl (C=O) groups excluding carboxylic acids is 1. The first-order valence-corrected chi connectivity index (χ1v) is 7.18. The third-order valence-electron chi connectivity index (χ3n) is 4.35. The summed E-state index contributed by atoms with van der Waals surface area (Å²) in [6.07, 6.45) is 4.25. The van der Waals surface area contributed by atoms with Gasteiger partial charge in [-0.05, 0) is 57.0 Å². The van der Waals surface area contributed by atoms with E-state index in [1.54, 1.807) is 0 Å². The highest BCUT2D eigenvalue weighted by Crippen LogP contribution is 2.27. The SMILES string of the molecule is O=C(N[C@H]1CCCN2CCC[C@@H]12)c1cc(O)ccc1F. The van der Waals surface area contributed by atoms with Crippen LogP contribution < -0.4 is 5.32 Å². The Morgan fingerprint density at radius 1 is 1.30 bits per heavy atom. The number of amides is 1. The second-order valence-corrected chi connectivity index (χ2v) is 5.63. The van der Waals surface area contributed by atoms with Gasteiger partial charge < -0.3 is 10.4 Å². The van der Waals surface area contributed by atoms with E-state index in [1.807, 2.05) is 0 Å². The molecule has 0 saturated carbocycles. The van der Waals surface area contributed by atoms with Gasteiger partial charge in [0.1, 0.15) is 11.6 Å². The maximum Gasteiger partial charge on any atom is 0.254 e. The first-order chi connectivity index (χ1) is 9.65. The third-order valence-corrected chi connectivity index (χ3v) is 4.35. The summed E-state index contributed by atoms with van der Waals surface area (Å²) in [5, 5.41) is 12.3. The maximum absolute atomic E-state index is 13.7. The van der Waals surface area contributed by atoms with Gasteiger partial charge in [0.15, 0.2) is 0 Å². The number of hydrogen-bond donors (Lipinski definition) is 2. The molecule has 0 spiro atoms. The molecule has 2 aliphatic rings. The highest BCUT2D eigenvalue weighted by Gasteiger charge is 2.35. The van der Waals surface area contributed by atoms with Crippen LogP contribution in [0.25, 0.3) is 0 Å². The Bertz CT molecular complexity index is 521. The normalized spacial score (nSPS) is 26.2. The van der Waals surface area contributed by atoms with E-state index in [9.17, 15) is 14.3 Å². The summed E-state index contributed by atoms with van der Waals surface area (Å²) >= 11 is 0. The van der Waals surface area contributed by atoms with Crippen molar-refractivity contribution in [3.8, 4) is 5.75 Å². The van der Waals surface area contributed by atoms with Crippen molar-refractivity contribution in [2.75, 3.05) is 13.1 Å². The number of carbonyl (C=O) groups is 1. The van der Waals surface area contributed by atoms with Crippen LogP contribution in [0.15, 0.2) is 18.2 Å². The van der Waals surface area contributed by atoms with E-state index < -0.39 is 11.7 Å². The zero-order chi connectivity index (χ0) is 14.1. The molecule has 20 heavy (non-hydrogen) atoms. The number of piperidine rings is 1. The molecule has 1 aromatic rings. The number of benzene rings is 1. The molecular weight excluding hydrogens is 259 g/mol. The largest absolute Gasteiger partial charge is 0.508 e. The Labute approximate surface area is 117 Å². The van der Waals surface area contributed by atoms with Gasteiger partial charge in [0.05, 0.1) is 5.56 Å². The number of fused-ring (bicyclic) bond motifs is 1. The predicted octanol–water partition coefficient (Wildman–Crippen LogP) is 1.89. The molecule has 4 nitrogen and oxygen atoms in total. The second kappa shape index (κ2) is 5.40. The van der Waals surface area contributed by atoms with Crippen molar-refractivity contribution in [3.63, 3.8) is 0 Å². The molecule has 1 amide bonds. The Hall–Kier alpha value is -1.62. The van der Waals surface area contributed by atoms with Gasteiger partial charge in [-0.2, -0.15) is 0 Å². The van der Waals surface area contributed by atoms with E-state index >= 15 is 0 Å². The van der Waals surface area contributed by atoms with Crippen LogP contribution in [0, 0.1) is 5.82 Å². The van der Waals surface area contributed by atoms with Gasteiger partial charge >= 0.3 is 0 Å². The molecule has 1 aromatic carbocycles. The Morgan fingerprint density at radius 3 is 2.85 bits per heavy atom. The minimum atomic E-state index is -0.598. The van der Waals surface area contributed by atoms with Gasteiger partial charge in [0.2, 0.25) is 0 Å². The van der Waals surface area contributed by atoms with Crippen molar-refractivity contribution in [2.45, 2.75) is 37.8 Å². The summed E-state index contributed by atoms with van der Waals surface area (Å²) in [6.45, 7) is 2.19. The third kappa shape index (κ3) is 2.50. The first-order valence-electron chi connectivity index (χ1n) is 7.18. The van der Waals surface area contributed by atoms with Crippen molar-refractivity contribution in [1.82, 2.24) is 10.2 Å². The van der Waals surface area contributed by atoms with Crippen LogP contribution in [0.1, 0.15) is 36.0 Å². The smallest absolute Gasteiger partial charge is 0.254 e. The summed E-state index contributed by atoms with van der Waals surface area (Å²) in [4.78, 5) is 14.6. The van der Waals surface area contributed by atoms with Crippen LogP contribution in [-0.4, -0.2) is 41.1 Å². The molecule has 2 atom stereocenters. The number of nitrogens with zero attached hydrogens (tertiary/aromatic N) is 1. The van der Waals surface area contributed by atoms with E-state index in [-0.39, 0.29) is 17.4 Å². The summed E-state index contributed by atoms with van der Waals surface area (Å²) in [7, 11) is 0. The van der Waals surface area contributed by atoms with Crippen LogP contribution in [0.2, 0.25) is 0 Å². The van der Waals surface area contributed by atoms with Gasteiger partial charge in [0.25, 0.3) is 5.91 Å². The molecule has 5 heteroatoms. The van der Waals surface area contributed by atoms with E-state index in [2.05, 4.69) is 10.2 Å². The molecule has 0 radical (unpaired) electrons. The summed E-state index contributed by atoms with van der Waals surface area (Å²) in [5.74, 6) is -1.13. The molecule has 2 saturated heterocycles. The minimum Gasteiger partial charge on any atom is -0.508 e. The Morgan fingerprint density at radius 2 is 2.05 bits per heavy atom. The molecule has 2 heterocycles. The van der Waals surface area contributed by atoms with Crippen molar-refractivity contribution in [1.29, 1.82) is 0 Å². The van der Waals surface area contributed by atoms with E-state index in [0.29, 0.717) is 6.04 Å². The van der Waals surface area contributed by atoms with Crippen molar-refractivity contribution in [3.05, 3.63) is 29.6 Å². The lowest BCUT2D eigenvalue weighted by Gasteiger charge is -2.37. The summed E-state index contributed by atoms with van der Waals surface area (Å²) in [5.41, 5.74) is -0.0832. The lowest BCUT2D eigenvalue weighted by atomic mass is 9.96. The molecule has 108 valence electrons. The number of phenols is 1. The number of nitrogens with one attached hydrogen (secondary N) is 1. The second-order valence-electron chi connectivity index (χ2n) is 5.63. The Balaban J connectivity index is 1.73. The molecule has 0 bridgehead atoms. The number of rotatable bonds is 2. The fourth-order valence-corrected chi connectivity index (χ4v) is 3.39. The highest BCUT2D eigenvalue weighted by atomic mass is 19.1. The molecule has 0 aromatic heterocycles. The predicted molar refractivity (Wildman–Crippen MR) is 73.1 cm³/mol. The van der Waals surface area contributed by atoms with Gasteiger partial charge in [0, 0.05) is 12.1 Å². The number of phenolic OH excluding ortho intramolecular Hbond substituents is 1. The van der Waals surface area contributed by atoms with Crippen molar-refractivity contribution >= 4 is 5.91 Å². The number of halogens is 1. The van der Waals surface area contributed by atoms with Crippen LogP contribution in [0.3, 0.4) is 0 Å². The molecule has 2 aliphatic heterocycles. The van der Waals surface area contributed by atoms with E-state index in [0.717, 1.165) is 44.8 Å². The summed E-state index contributed by atoms with van der Waals surface area (Å²) in [6, 6.07) is 4.01. The molecule has 2 fully saturated rings. The average Bonchev–Trinajstić information content (AvgIpc) is 2.91. The summed E-state index contributed by atoms with van der Waals surface area (Å²) < 4.78 is 13.7. The maximum atomic E-state index is 13.7. The van der Waals surface area contributed by atoms with Gasteiger partial charge in [-0.15, -0.1) is 0 Å². The van der Waals surface area contributed by atoms with Crippen LogP contribution in [0.4, 0.5) is 4.39 Å². The quantitative estimate of drug-likeness (QED) is 0.868. The first kappa shape index (κ1) is 13.4. The fourth-order valence-electron chi connectivity index (χ4n) is 3.39. The Kier molecular flexibility index (Phi) is 3.61. The van der Waals surface area contributed by atoms with Crippen LogP contribution >= 0.6 is 0 Å². The molecule has 0 unspecified atom stereocenters. The zero-order valence-corrected chi connectivity index (χ0v) is 11.3. The molecule has 3 rings (SSSR count). The highest BCUT2D eigenvalue weighted by molar-refractivity contribution is 5.95. The standard InChI is InChI=1S/C15H19FN2O2/c16-12-6-5-10(19)9-11(12)15(20)17-13-3-1-7-18-8-2-4-14(13)18/h5-6,9,13-14,19H,1-4,7-8H2,(H,17,20)/t13-,14-/m0/s1.